The highest BCUT2D eigenvalue weighted by molar-refractivity contribution is 5.72. The lowest BCUT2D eigenvalue weighted by molar-refractivity contribution is -0.152. The zero-order valence-electron chi connectivity index (χ0n) is 14.1. The molecular weight excluding hydrogens is 308 g/mol. The number of rotatable bonds is 6. The van der Waals surface area contributed by atoms with Crippen LogP contribution in [-0.2, 0) is 14.3 Å². The number of nitrogens with two attached hydrogens (primary N) is 1. The molecule has 1 fully saturated rings. The van der Waals surface area contributed by atoms with Gasteiger partial charge in [-0.15, -0.1) is 0 Å². The van der Waals surface area contributed by atoms with Gasteiger partial charge < -0.3 is 15.2 Å². The Balaban J connectivity index is 1.61. The molecule has 0 bridgehead atoms. The number of fused-ring (bicyclic) bond motifs is 1. The van der Waals surface area contributed by atoms with Crippen molar-refractivity contribution in [2.75, 3.05) is 12.3 Å². The predicted octanol–water partition coefficient (Wildman–Crippen LogP) is 2.51. The van der Waals surface area contributed by atoms with E-state index in [0.29, 0.717) is 12.4 Å². The zero-order chi connectivity index (χ0) is 17.1. The van der Waals surface area contributed by atoms with Crippen LogP contribution in [0.4, 0.5) is 5.82 Å². The molecule has 2 aromatic heterocycles. The molecule has 0 saturated carbocycles. The molecule has 2 atom stereocenters. The van der Waals surface area contributed by atoms with Gasteiger partial charge in [-0.2, -0.15) is 5.10 Å². The van der Waals surface area contributed by atoms with Gasteiger partial charge in [0, 0.05) is 0 Å². The van der Waals surface area contributed by atoms with E-state index in [4.69, 9.17) is 15.2 Å². The van der Waals surface area contributed by atoms with Crippen LogP contribution in [0.5, 0.6) is 0 Å². The summed E-state index contributed by atoms with van der Waals surface area (Å²) in [5.74, 6) is 0.307. The van der Waals surface area contributed by atoms with Crippen LogP contribution in [0.15, 0.2) is 18.5 Å². The molecule has 2 N–H and O–H groups in total. The quantitative estimate of drug-likeness (QED) is 0.817. The second kappa shape index (κ2) is 7.17. The number of anilines is 1. The fourth-order valence-corrected chi connectivity index (χ4v) is 3.18. The van der Waals surface area contributed by atoms with E-state index in [1.54, 1.807) is 4.52 Å². The standard InChI is InChI=1S/C17H24N4O3/c1-3-11(4-2)17(22)23-9-12-5-8-15(24-12)13-6-7-14-16(18)19-10-20-21(13)14/h6-7,10-12,15H,3-5,8-9H2,1-2H3,(H2,18,19,20). The highest BCUT2D eigenvalue weighted by Crippen LogP contribution is 2.34. The summed E-state index contributed by atoms with van der Waals surface area (Å²) in [5.41, 5.74) is 7.59. The van der Waals surface area contributed by atoms with Crippen molar-refractivity contribution in [3.8, 4) is 0 Å². The molecule has 1 aliphatic rings. The Labute approximate surface area is 141 Å². The van der Waals surface area contributed by atoms with Crippen LogP contribution in [0, 0.1) is 5.92 Å². The van der Waals surface area contributed by atoms with Gasteiger partial charge in [0.05, 0.1) is 17.7 Å². The first-order valence-corrected chi connectivity index (χ1v) is 8.54. The minimum Gasteiger partial charge on any atom is -0.463 e. The van der Waals surface area contributed by atoms with Crippen molar-refractivity contribution in [1.29, 1.82) is 0 Å². The molecule has 24 heavy (non-hydrogen) atoms. The summed E-state index contributed by atoms with van der Waals surface area (Å²) in [4.78, 5) is 16.0. The fourth-order valence-electron chi connectivity index (χ4n) is 3.18. The zero-order valence-corrected chi connectivity index (χ0v) is 14.1. The highest BCUT2D eigenvalue weighted by Gasteiger charge is 2.30. The van der Waals surface area contributed by atoms with Crippen LogP contribution in [0.1, 0.15) is 51.3 Å². The minimum atomic E-state index is -0.124. The van der Waals surface area contributed by atoms with Gasteiger partial charge in [-0.25, -0.2) is 9.50 Å². The van der Waals surface area contributed by atoms with Crippen molar-refractivity contribution >= 4 is 17.3 Å². The van der Waals surface area contributed by atoms with Crippen molar-refractivity contribution in [3.63, 3.8) is 0 Å². The molecule has 1 aliphatic heterocycles. The molecule has 0 radical (unpaired) electrons. The van der Waals surface area contributed by atoms with Crippen LogP contribution in [0.25, 0.3) is 5.52 Å². The van der Waals surface area contributed by atoms with E-state index in [-0.39, 0.29) is 24.1 Å². The summed E-state index contributed by atoms with van der Waals surface area (Å²) >= 11 is 0. The Morgan fingerprint density at radius 3 is 2.96 bits per heavy atom. The van der Waals surface area contributed by atoms with Crippen LogP contribution in [0.2, 0.25) is 0 Å². The number of nitrogen functional groups attached to an aromatic ring is 1. The smallest absolute Gasteiger partial charge is 0.308 e. The summed E-state index contributed by atoms with van der Waals surface area (Å²) in [6.45, 7) is 4.32. The van der Waals surface area contributed by atoms with E-state index in [1.165, 1.54) is 6.33 Å². The van der Waals surface area contributed by atoms with E-state index < -0.39 is 0 Å². The Morgan fingerprint density at radius 1 is 1.42 bits per heavy atom. The second-order valence-electron chi connectivity index (χ2n) is 6.17. The van der Waals surface area contributed by atoms with E-state index in [1.807, 2.05) is 26.0 Å². The molecule has 0 aromatic carbocycles. The van der Waals surface area contributed by atoms with Crippen molar-refractivity contribution < 1.29 is 14.3 Å². The number of hydrogen-bond acceptors (Lipinski definition) is 6. The van der Waals surface area contributed by atoms with Crippen LogP contribution < -0.4 is 5.73 Å². The maximum absolute atomic E-state index is 12.0. The molecule has 2 unspecified atom stereocenters. The number of aromatic nitrogens is 3. The first kappa shape index (κ1) is 16.7. The van der Waals surface area contributed by atoms with Crippen molar-refractivity contribution in [1.82, 2.24) is 14.6 Å². The average molecular weight is 332 g/mol. The second-order valence-corrected chi connectivity index (χ2v) is 6.17. The van der Waals surface area contributed by atoms with E-state index >= 15 is 0 Å². The van der Waals surface area contributed by atoms with Crippen LogP contribution in [-0.4, -0.2) is 33.3 Å². The third-order valence-corrected chi connectivity index (χ3v) is 4.68. The Hall–Kier alpha value is -2.15. The molecule has 0 amide bonds. The van der Waals surface area contributed by atoms with Gasteiger partial charge in [0.25, 0.3) is 0 Å². The normalized spacial score (nSPS) is 20.8. The van der Waals surface area contributed by atoms with Gasteiger partial charge in [-0.3, -0.25) is 4.79 Å². The summed E-state index contributed by atoms with van der Waals surface area (Å²) in [6.07, 6.45) is 4.63. The molecule has 3 rings (SSSR count). The fraction of sp³-hybridized carbons (Fsp3) is 0.588. The lowest BCUT2D eigenvalue weighted by Gasteiger charge is -2.16. The molecule has 7 heteroatoms. The predicted molar refractivity (Wildman–Crippen MR) is 89.3 cm³/mol. The molecule has 3 heterocycles. The van der Waals surface area contributed by atoms with Gasteiger partial charge in [0.15, 0.2) is 5.82 Å². The van der Waals surface area contributed by atoms with Gasteiger partial charge in [0.2, 0.25) is 0 Å². The largest absolute Gasteiger partial charge is 0.463 e. The monoisotopic (exact) mass is 332 g/mol. The van der Waals surface area contributed by atoms with Gasteiger partial charge in [0.1, 0.15) is 24.6 Å². The molecule has 0 spiro atoms. The number of nitrogens with zero attached hydrogens (tertiary/aromatic N) is 3. The van der Waals surface area contributed by atoms with Crippen molar-refractivity contribution in [3.05, 3.63) is 24.2 Å². The van der Waals surface area contributed by atoms with Gasteiger partial charge >= 0.3 is 5.97 Å². The minimum absolute atomic E-state index is 0.0172. The molecular formula is C17H24N4O3. The first-order valence-electron chi connectivity index (χ1n) is 8.54. The van der Waals surface area contributed by atoms with Crippen LogP contribution >= 0.6 is 0 Å². The topological polar surface area (TPSA) is 91.7 Å². The lowest BCUT2D eigenvalue weighted by Crippen LogP contribution is -2.23. The third kappa shape index (κ3) is 3.21. The molecule has 1 saturated heterocycles. The summed E-state index contributed by atoms with van der Waals surface area (Å²) in [7, 11) is 0. The number of esters is 1. The SMILES string of the molecule is CCC(CC)C(=O)OCC1CCC(c2ccc3c(N)ncnn23)O1. The maximum atomic E-state index is 12.0. The molecule has 130 valence electrons. The highest BCUT2D eigenvalue weighted by atomic mass is 16.6. The Kier molecular flexibility index (Phi) is 4.99. The van der Waals surface area contributed by atoms with E-state index in [0.717, 1.165) is 36.9 Å². The van der Waals surface area contributed by atoms with E-state index in [9.17, 15) is 4.79 Å². The maximum Gasteiger partial charge on any atom is 0.308 e. The van der Waals surface area contributed by atoms with Crippen LogP contribution in [0.3, 0.4) is 0 Å². The third-order valence-electron chi connectivity index (χ3n) is 4.68. The summed E-state index contributed by atoms with van der Waals surface area (Å²) in [5, 5.41) is 4.25. The average Bonchev–Trinajstić information content (AvgIpc) is 3.21. The van der Waals surface area contributed by atoms with E-state index in [2.05, 4.69) is 10.1 Å². The summed E-state index contributed by atoms with van der Waals surface area (Å²) < 4.78 is 13.2. The first-order chi connectivity index (χ1) is 11.6. The number of hydrogen-bond donors (Lipinski definition) is 1. The molecule has 2 aromatic rings. The Bertz CT molecular complexity index is 711. The number of ether oxygens (including phenoxy) is 2. The Morgan fingerprint density at radius 2 is 2.21 bits per heavy atom. The van der Waals surface area contributed by atoms with Crippen molar-refractivity contribution in [2.24, 2.45) is 5.92 Å². The van der Waals surface area contributed by atoms with Crippen molar-refractivity contribution in [2.45, 2.75) is 51.7 Å². The number of carbonyl (C=O) groups excluding carboxylic acids is 1. The summed E-state index contributed by atoms with van der Waals surface area (Å²) in [6, 6.07) is 3.86. The molecule has 7 nitrogen and oxygen atoms in total. The van der Waals surface area contributed by atoms with Gasteiger partial charge in [-0.1, -0.05) is 13.8 Å². The van der Waals surface area contributed by atoms with Gasteiger partial charge in [-0.05, 0) is 37.8 Å². The molecule has 0 aliphatic carbocycles. The lowest BCUT2D eigenvalue weighted by atomic mass is 10.0. The number of carbonyl (C=O) groups is 1.